The number of fused-ring (bicyclic) bond motifs is 1. The minimum absolute atomic E-state index is 0.0573. The fourth-order valence-electron chi connectivity index (χ4n) is 3.98. The van der Waals surface area contributed by atoms with Gasteiger partial charge in [0, 0.05) is 30.2 Å². The van der Waals surface area contributed by atoms with Crippen LogP contribution in [0.15, 0.2) is 52.3 Å². The number of carbonyl (C=O) groups is 1. The van der Waals surface area contributed by atoms with Crippen LogP contribution < -0.4 is 4.90 Å². The lowest BCUT2D eigenvalue weighted by Crippen LogP contribution is -2.35. The van der Waals surface area contributed by atoms with E-state index in [-0.39, 0.29) is 5.91 Å². The number of anilines is 1. The predicted molar refractivity (Wildman–Crippen MR) is 117 cm³/mol. The zero-order valence-corrected chi connectivity index (χ0v) is 18.3. The van der Waals surface area contributed by atoms with Gasteiger partial charge in [0.05, 0.1) is 10.6 Å². The third-order valence-electron chi connectivity index (χ3n) is 5.55. The number of amides is 1. The Kier molecular flexibility index (Phi) is 5.99. The zero-order valence-electron chi connectivity index (χ0n) is 16.6. The van der Waals surface area contributed by atoms with Crippen LogP contribution in [0, 0.1) is 6.92 Å². The number of hydrogen-bond donors (Lipinski definition) is 0. The second-order valence-corrected chi connectivity index (χ2v) is 10.6. The quantitative estimate of drug-likeness (QED) is 0.676. The summed E-state index contributed by atoms with van der Waals surface area (Å²) < 4.78 is 27.5. The van der Waals surface area contributed by atoms with E-state index in [4.69, 9.17) is 0 Å². The second-order valence-electron chi connectivity index (χ2n) is 7.66. The highest BCUT2D eigenvalue weighted by Crippen LogP contribution is 2.32. The molecule has 4 rings (SSSR count). The SMILES string of the molecule is Cc1cccc(SCC(=O)N2CCc3cc(S(=O)(=O)N4CCCCC4)ccc32)c1. The first-order chi connectivity index (χ1) is 13.9. The summed E-state index contributed by atoms with van der Waals surface area (Å²) in [5.41, 5.74) is 2.96. The Morgan fingerprint density at radius 2 is 1.83 bits per heavy atom. The van der Waals surface area contributed by atoms with Crippen LogP contribution in [0.25, 0.3) is 0 Å². The van der Waals surface area contributed by atoms with E-state index in [1.165, 1.54) is 17.3 Å². The maximum Gasteiger partial charge on any atom is 0.243 e. The van der Waals surface area contributed by atoms with Crippen LogP contribution in [0.3, 0.4) is 0 Å². The molecular formula is C22H26N2O3S2. The maximum atomic E-state index is 12.9. The largest absolute Gasteiger partial charge is 0.311 e. The van der Waals surface area contributed by atoms with Crippen molar-refractivity contribution in [1.82, 2.24) is 4.31 Å². The highest BCUT2D eigenvalue weighted by molar-refractivity contribution is 8.00. The fourth-order valence-corrected chi connectivity index (χ4v) is 6.44. The van der Waals surface area contributed by atoms with E-state index in [2.05, 4.69) is 6.07 Å². The molecule has 5 nitrogen and oxygen atoms in total. The number of aryl methyl sites for hydroxylation is 1. The zero-order chi connectivity index (χ0) is 20.4. The van der Waals surface area contributed by atoms with Crippen LogP contribution in [0.2, 0.25) is 0 Å². The summed E-state index contributed by atoms with van der Waals surface area (Å²) in [6.45, 7) is 3.84. The van der Waals surface area contributed by atoms with Gasteiger partial charge in [0.1, 0.15) is 0 Å². The highest BCUT2D eigenvalue weighted by Gasteiger charge is 2.30. The molecule has 0 radical (unpaired) electrons. The van der Waals surface area contributed by atoms with Gasteiger partial charge in [-0.25, -0.2) is 8.42 Å². The number of rotatable bonds is 5. The monoisotopic (exact) mass is 430 g/mol. The van der Waals surface area contributed by atoms with E-state index in [1.807, 2.05) is 25.1 Å². The van der Waals surface area contributed by atoms with Gasteiger partial charge in [-0.2, -0.15) is 4.31 Å². The molecule has 0 aliphatic carbocycles. The molecule has 2 aliphatic heterocycles. The number of nitrogens with zero attached hydrogens (tertiary/aromatic N) is 2. The summed E-state index contributed by atoms with van der Waals surface area (Å²) in [5, 5.41) is 0. The second kappa shape index (κ2) is 8.50. The van der Waals surface area contributed by atoms with Gasteiger partial charge in [-0.15, -0.1) is 11.8 Å². The van der Waals surface area contributed by atoms with Crippen molar-refractivity contribution in [3.05, 3.63) is 53.6 Å². The molecule has 1 fully saturated rings. The van der Waals surface area contributed by atoms with Crippen molar-refractivity contribution in [3.63, 3.8) is 0 Å². The van der Waals surface area contributed by atoms with E-state index in [0.717, 1.165) is 35.4 Å². The van der Waals surface area contributed by atoms with E-state index in [1.54, 1.807) is 27.4 Å². The van der Waals surface area contributed by atoms with Crippen molar-refractivity contribution in [2.24, 2.45) is 0 Å². The van der Waals surface area contributed by atoms with Crippen LogP contribution >= 0.6 is 11.8 Å². The van der Waals surface area contributed by atoms with Crippen molar-refractivity contribution in [3.8, 4) is 0 Å². The maximum absolute atomic E-state index is 12.9. The molecule has 2 heterocycles. The van der Waals surface area contributed by atoms with Crippen molar-refractivity contribution < 1.29 is 13.2 Å². The van der Waals surface area contributed by atoms with Crippen LogP contribution in [-0.4, -0.2) is 44.0 Å². The van der Waals surface area contributed by atoms with E-state index in [9.17, 15) is 13.2 Å². The Morgan fingerprint density at radius 3 is 2.59 bits per heavy atom. The van der Waals surface area contributed by atoms with E-state index in [0.29, 0.717) is 36.7 Å². The Morgan fingerprint density at radius 1 is 1.03 bits per heavy atom. The topological polar surface area (TPSA) is 57.7 Å². The lowest BCUT2D eigenvalue weighted by Gasteiger charge is -2.26. The molecule has 1 saturated heterocycles. The normalized spacial score (nSPS) is 17.3. The molecular weight excluding hydrogens is 404 g/mol. The smallest absolute Gasteiger partial charge is 0.243 e. The first kappa shape index (κ1) is 20.4. The molecule has 0 unspecified atom stereocenters. The third-order valence-corrected chi connectivity index (χ3v) is 8.43. The van der Waals surface area contributed by atoms with Gasteiger partial charge < -0.3 is 4.90 Å². The summed E-state index contributed by atoms with van der Waals surface area (Å²) in [7, 11) is -3.45. The van der Waals surface area contributed by atoms with Crippen molar-refractivity contribution in [2.45, 2.75) is 42.4 Å². The molecule has 1 amide bonds. The summed E-state index contributed by atoms with van der Waals surface area (Å²) in [5.74, 6) is 0.429. The Hall–Kier alpha value is -1.83. The Labute approximate surface area is 177 Å². The molecule has 0 saturated carbocycles. The van der Waals surface area contributed by atoms with E-state index >= 15 is 0 Å². The summed E-state index contributed by atoms with van der Waals surface area (Å²) in [6.07, 6.45) is 3.63. The lowest BCUT2D eigenvalue weighted by atomic mass is 10.2. The summed E-state index contributed by atoms with van der Waals surface area (Å²) in [6, 6.07) is 13.3. The molecule has 154 valence electrons. The van der Waals surface area contributed by atoms with Crippen molar-refractivity contribution in [2.75, 3.05) is 30.3 Å². The van der Waals surface area contributed by atoms with Crippen LogP contribution in [0.1, 0.15) is 30.4 Å². The standard InChI is InChI=1S/C22H26N2O3S2/c1-17-6-5-7-19(14-17)28-16-22(25)24-13-10-18-15-20(8-9-21(18)24)29(26,27)23-11-3-2-4-12-23/h5-9,14-15H,2-4,10-13,16H2,1H3. The molecule has 0 bridgehead atoms. The molecule has 2 aromatic carbocycles. The molecule has 0 N–H and O–H groups in total. The lowest BCUT2D eigenvalue weighted by molar-refractivity contribution is -0.116. The number of piperidine rings is 1. The average Bonchev–Trinajstić information content (AvgIpc) is 3.16. The predicted octanol–water partition coefficient (Wildman–Crippen LogP) is 3.85. The molecule has 2 aromatic rings. The van der Waals surface area contributed by atoms with Gasteiger partial charge in [0.15, 0.2) is 0 Å². The van der Waals surface area contributed by atoms with Gasteiger partial charge in [-0.05, 0) is 62.1 Å². The van der Waals surface area contributed by atoms with Gasteiger partial charge in [-0.1, -0.05) is 24.1 Å². The minimum Gasteiger partial charge on any atom is -0.311 e. The van der Waals surface area contributed by atoms with E-state index < -0.39 is 10.0 Å². The first-order valence-electron chi connectivity index (χ1n) is 10.1. The summed E-state index contributed by atoms with van der Waals surface area (Å²) >= 11 is 1.54. The van der Waals surface area contributed by atoms with Crippen LogP contribution in [0.4, 0.5) is 5.69 Å². The Bertz CT molecular complexity index is 1010. The first-order valence-corrected chi connectivity index (χ1v) is 12.5. The third kappa shape index (κ3) is 4.37. The molecule has 7 heteroatoms. The number of sulfonamides is 1. The van der Waals surface area contributed by atoms with Crippen molar-refractivity contribution >= 4 is 33.4 Å². The van der Waals surface area contributed by atoms with Gasteiger partial charge in [-0.3, -0.25) is 4.79 Å². The van der Waals surface area contributed by atoms with Crippen molar-refractivity contribution in [1.29, 1.82) is 0 Å². The number of carbonyl (C=O) groups excluding carboxylic acids is 1. The molecule has 29 heavy (non-hydrogen) atoms. The van der Waals surface area contributed by atoms with Crippen LogP contribution in [-0.2, 0) is 21.2 Å². The van der Waals surface area contributed by atoms with Crippen LogP contribution in [0.5, 0.6) is 0 Å². The number of thioether (sulfide) groups is 1. The summed E-state index contributed by atoms with van der Waals surface area (Å²) in [4.78, 5) is 16.0. The molecule has 0 atom stereocenters. The minimum atomic E-state index is -3.45. The molecule has 0 aromatic heterocycles. The fraction of sp³-hybridized carbons (Fsp3) is 0.409. The van der Waals surface area contributed by atoms with Gasteiger partial charge in [0.2, 0.25) is 15.9 Å². The molecule has 0 spiro atoms. The average molecular weight is 431 g/mol. The molecule has 2 aliphatic rings. The number of benzene rings is 2. The highest BCUT2D eigenvalue weighted by atomic mass is 32.2. The van der Waals surface area contributed by atoms with Gasteiger partial charge in [0.25, 0.3) is 0 Å². The Balaban J connectivity index is 1.47. The number of hydrogen-bond acceptors (Lipinski definition) is 4. The van der Waals surface area contributed by atoms with Gasteiger partial charge >= 0.3 is 0 Å².